The molecule has 0 aliphatic heterocycles. The molecule has 5 nitrogen and oxygen atoms in total. The molecule has 0 saturated heterocycles. The molecule has 0 atom stereocenters. The van der Waals surface area contributed by atoms with Gasteiger partial charge in [-0.1, -0.05) is 29.3 Å². The highest BCUT2D eigenvalue weighted by atomic mass is 35.5. The van der Waals surface area contributed by atoms with Crippen LogP contribution in [0.4, 0.5) is 5.69 Å². The summed E-state index contributed by atoms with van der Waals surface area (Å²) in [6.07, 6.45) is 0. The number of anilines is 1. The van der Waals surface area contributed by atoms with Crippen molar-refractivity contribution in [3.63, 3.8) is 0 Å². The maximum absolute atomic E-state index is 12.5. The molecular weight excluding hydrogens is 371 g/mol. The molecule has 0 aliphatic rings. The lowest BCUT2D eigenvalue weighted by Crippen LogP contribution is -2.30. The van der Waals surface area contributed by atoms with Gasteiger partial charge in [-0.15, -0.1) is 0 Å². The number of sulfonamides is 1. The lowest BCUT2D eigenvalue weighted by Gasteiger charge is -2.12. The summed E-state index contributed by atoms with van der Waals surface area (Å²) in [6, 6.07) is 10.3. The molecule has 1 amide bonds. The van der Waals surface area contributed by atoms with E-state index >= 15 is 0 Å². The molecule has 8 heteroatoms. The predicted molar refractivity (Wildman–Crippen MR) is 96.3 cm³/mol. The van der Waals surface area contributed by atoms with Crippen molar-refractivity contribution in [3.05, 3.63) is 58.1 Å². The van der Waals surface area contributed by atoms with Gasteiger partial charge < -0.3 is 5.32 Å². The highest BCUT2D eigenvalue weighted by Gasteiger charge is 2.19. The molecule has 0 aliphatic carbocycles. The lowest BCUT2D eigenvalue weighted by molar-refractivity contribution is 0.0943. The van der Waals surface area contributed by atoms with Gasteiger partial charge in [0.15, 0.2) is 0 Å². The minimum absolute atomic E-state index is 0.0249. The van der Waals surface area contributed by atoms with Crippen LogP contribution in [-0.2, 0) is 10.0 Å². The molecule has 0 fully saturated rings. The first kappa shape index (κ1) is 18.6. The number of benzene rings is 2. The molecule has 2 N–H and O–H groups in total. The molecule has 0 spiro atoms. The van der Waals surface area contributed by atoms with E-state index in [9.17, 15) is 13.2 Å². The minimum atomic E-state index is -3.93. The highest BCUT2D eigenvalue weighted by molar-refractivity contribution is 7.92. The molecular formula is C16H16Cl2N2O3S. The normalized spacial score (nSPS) is 11.4. The Morgan fingerprint density at radius 1 is 1.08 bits per heavy atom. The Labute approximate surface area is 151 Å². The van der Waals surface area contributed by atoms with Crippen LogP contribution >= 0.6 is 23.2 Å². The summed E-state index contributed by atoms with van der Waals surface area (Å²) in [4.78, 5) is 11.9. The lowest BCUT2D eigenvalue weighted by atomic mass is 10.2. The number of hydrogen-bond acceptors (Lipinski definition) is 3. The summed E-state index contributed by atoms with van der Waals surface area (Å²) in [5.74, 6) is -0.285. The van der Waals surface area contributed by atoms with Crippen LogP contribution in [0.2, 0.25) is 10.0 Å². The first-order valence-electron chi connectivity index (χ1n) is 7.08. The Morgan fingerprint density at radius 3 is 2.46 bits per heavy atom. The van der Waals surface area contributed by atoms with Gasteiger partial charge in [0.25, 0.3) is 15.9 Å². The third kappa shape index (κ3) is 4.63. The van der Waals surface area contributed by atoms with E-state index in [0.29, 0.717) is 5.56 Å². The zero-order valence-corrected chi connectivity index (χ0v) is 15.3. The third-order valence-electron chi connectivity index (χ3n) is 2.98. The van der Waals surface area contributed by atoms with Crippen LogP contribution in [0.3, 0.4) is 0 Å². The van der Waals surface area contributed by atoms with Gasteiger partial charge in [0.05, 0.1) is 5.02 Å². The van der Waals surface area contributed by atoms with E-state index in [1.165, 1.54) is 24.3 Å². The molecule has 24 heavy (non-hydrogen) atoms. The molecule has 0 radical (unpaired) electrons. The smallest absolute Gasteiger partial charge is 0.263 e. The second-order valence-electron chi connectivity index (χ2n) is 5.39. The number of carbonyl (C=O) groups is 1. The maximum Gasteiger partial charge on any atom is 0.263 e. The van der Waals surface area contributed by atoms with E-state index in [1.807, 2.05) is 13.8 Å². The monoisotopic (exact) mass is 386 g/mol. The topological polar surface area (TPSA) is 75.3 Å². The quantitative estimate of drug-likeness (QED) is 0.816. The Hall–Kier alpha value is -1.76. The van der Waals surface area contributed by atoms with Crippen molar-refractivity contribution in [3.8, 4) is 0 Å². The summed E-state index contributed by atoms with van der Waals surface area (Å²) in [5.41, 5.74) is 0.600. The molecule has 0 unspecified atom stereocenters. The zero-order chi connectivity index (χ0) is 17.9. The standard InChI is InChI=1S/C16H16Cl2N2O3S/c1-10(2)19-16(21)11-4-3-5-13(8-11)20-24(22,23)15-9-12(17)6-7-14(15)18/h3-10,20H,1-2H3,(H,19,21). The number of rotatable bonds is 5. The first-order valence-corrected chi connectivity index (χ1v) is 9.32. The summed E-state index contributed by atoms with van der Waals surface area (Å²) in [6.45, 7) is 3.68. The van der Waals surface area contributed by atoms with Crippen molar-refractivity contribution in [2.45, 2.75) is 24.8 Å². The van der Waals surface area contributed by atoms with E-state index in [-0.39, 0.29) is 32.6 Å². The number of amides is 1. The predicted octanol–water partition coefficient (Wildman–Crippen LogP) is 3.93. The van der Waals surface area contributed by atoms with Gasteiger partial charge in [0.2, 0.25) is 0 Å². The molecule has 0 heterocycles. The van der Waals surface area contributed by atoms with Gasteiger partial charge >= 0.3 is 0 Å². The fourth-order valence-corrected chi connectivity index (χ4v) is 3.78. The number of carbonyl (C=O) groups excluding carboxylic acids is 1. The molecule has 2 aromatic carbocycles. The van der Waals surface area contributed by atoms with Gasteiger partial charge in [-0.3, -0.25) is 9.52 Å². The Morgan fingerprint density at radius 2 is 1.79 bits per heavy atom. The van der Waals surface area contributed by atoms with Gasteiger partial charge in [0.1, 0.15) is 4.90 Å². The molecule has 128 valence electrons. The summed E-state index contributed by atoms with van der Waals surface area (Å²) in [5, 5.41) is 3.05. The van der Waals surface area contributed by atoms with Gasteiger partial charge in [0, 0.05) is 22.3 Å². The minimum Gasteiger partial charge on any atom is -0.350 e. The zero-order valence-electron chi connectivity index (χ0n) is 13.0. The second-order valence-corrected chi connectivity index (χ2v) is 7.88. The SMILES string of the molecule is CC(C)NC(=O)c1cccc(NS(=O)(=O)c2cc(Cl)ccc2Cl)c1. The number of halogens is 2. The molecule has 0 saturated carbocycles. The average molecular weight is 387 g/mol. The van der Waals surface area contributed by atoms with Crippen LogP contribution in [0.5, 0.6) is 0 Å². The van der Waals surface area contributed by atoms with Crippen molar-refractivity contribution in [2.75, 3.05) is 4.72 Å². The Balaban J connectivity index is 2.30. The van der Waals surface area contributed by atoms with Crippen LogP contribution in [0.1, 0.15) is 24.2 Å². The van der Waals surface area contributed by atoms with E-state index in [1.54, 1.807) is 18.2 Å². The highest BCUT2D eigenvalue weighted by Crippen LogP contribution is 2.27. The van der Waals surface area contributed by atoms with Gasteiger partial charge in [-0.05, 0) is 50.2 Å². The van der Waals surface area contributed by atoms with Gasteiger partial charge in [-0.2, -0.15) is 0 Å². The van der Waals surface area contributed by atoms with E-state index < -0.39 is 10.0 Å². The van der Waals surface area contributed by atoms with Crippen LogP contribution < -0.4 is 10.0 Å². The van der Waals surface area contributed by atoms with Crippen LogP contribution in [0, 0.1) is 0 Å². The van der Waals surface area contributed by atoms with Crippen LogP contribution in [0.25, 0.3) is 0 Å². The summed E-state index contributed by atoms with van der Waals surface area (Å²) < 4.78 is 27.4. The van der Waals surface area contributed by atoms with E-state index in [0.717, 1.165) is 0 Å². The van der Waals surface area contributed by atoms with Crippen LogP contribution in [0.15, 0.2) is 47.4 Å². The van der Waals surface area contributed by atoms with Crippen molar-refractivity contribution in [2.24, 2.45) is 0 Å². The van der Waals surface area contributed by atoms with E-state index in [2.05, 4.69) is 10.0 Å². The number of hydrogen-bond donors (Lipinski definition) is 2. The van der Waals surface area contributed by atoms with Crippen molar-refractivity contribution in [1.82, 2.24) is 5.32 Å². The third-order valence-corrected chi connectivity index (χ3v) is 5.08. The van der Waals surface area contributed by atoms with Gasteiger partial charge in [-0.25, -0.2) is 8.42 Å². The first-order chi connectivity index (χ1) is 11.2. The maximum atomic E-state index is 12.5. The van der Waals surface area contributed by atoms with Crippen molar-refractivity contribution < 1.29 is 13.2 Å². The molecule has 0 bridgehead atoms. The second kappa shape index (κ2) is 7.42. The number of nitrogens with one attached hydrogen (secondary N) is 2. The summed E-state index contributed by atoms with van der Waals surface area (Å²) in [7, 11) is -3.93. The Bertz CT molecular complexity index is 867. The largest absolute Gasteiger partial charge is 0.350 e. The average Bonchev–Trinajstić information content (AvgIpc) is 2.48. The summed E-state index contributed by atoms with van der Waals surface area (Å²) >= 11 is 11.8. The van der Waals surface area contributed by atoms with E-state index in [4.69, 9.17) is 23.2 Å². The fraction of sp³-hybridized carbons (Fsp3) is 0.188. The van der Waals surface area contributed by atoms with Crippen molar-refractivity contribution in [1.29, 1.82) is 0 Å². The van der Waals surface area contributed by atoms with Crippen LogP contribution in [-0.4, -0.2) is 20.4 Å². The molecule has 0 aromatic heterocycles. The molecule has 2 aromatic rings. The fourth-order valence-electron chi connectivity index (χ4n) is 1.96. The molecule has 2 rings (SSSR count). The van der Waals surface area contributed by atoms with Crippen molar-refractivity contribution >= 4 is 44.8 Å². The Kier molecular flexibility index (Phi) is 5.74.